The highest BCUT2D eigenvalue weighted by molar-refractivity contribution is 4.78. The summed E-state index contributed by atoms with van der Waals surface area (Å²) in [6.45, 7) is 8.40. The van der Waals surface area contributed by atoms with Crippen LogP contribution in [0.15, 0.2) is 0 Å². The fourth-order valence-corrected chi connectivity index (χ4v) is 2.08. The highest BCUT2D eigenvalue weighted by Crippen LogP contribution is 2.30. The molecule has 78 valence electrons. The third kappa shape index (κ3) is 3.30. The third-order valence-electron chi connectivity index (χ3n) is 3.78. The van der Waals surface area contributed by atoms with Gasteiger partial charge >= 0.3 is 0 Å². The van der Waals surface area contributed by atoms with Crippen molar-refractivity contribution in [3.8, 4) is 0 Å². The molecule has 13 heavy (non-hydrogen) atoms. The van der Waals surface area contributed by atoms with Crippen LogP contribution in [0.5, 0.6) is 0 Å². The molecule has 1 heteroatoms. The van der Waals surface area contributed by atoms with E-state index in [1.54, 1.807) is 0 Å². The van der Waals surface area contributed by atoms with Crippen LogP contribution in [0.2, 0.25) is 0 Å². The number of nitrogens with zero attached hydrogens (tertiary/aromatic N) is 1. The summed E-state index contributed by atoms with van der Waals surface area (Å²) in [6, 6.07) is 0.880. The molecule has 1 aliphatic heterocycles. The van der Waals surface area contributed by atoms with Crippen molar-refractivity contribution >= 4 is 0 Å². The second kappa shape index (κ2) is 4.45. The van der Waals surface area contributed by atoms with Gasteiger partial charge in [-0.2, -0.15) is 0 Å². The molecule has 1 rings (SSSR count). The van der Waals surface area contributed by atoms with E-state index in [-0.39, 0.29) is 0 Å². The normalized spacial score (nSPS) is 25.4. The van der Waals surface area contributed by atoms with Crippen molar-refractivity contribution in [2.24, 2.45) is 5.41 Å². The Balaban J connectivity index is 2.25. The first kappa shape index (κ1) is 11.0. The number of hydrogen-bond donors (Lipinski definition) is 0. The summed E-state index contributed by atoms with van der Waals surface area (Å²) < 4.78 is 0. The molecule has 0 radical (unpaired) electrons. The van der Waals surface area contributed by atoms with Crippen LogP contribution in [0, 0.1) is 5.41 Å². The molecular formula is C12H25N. The van der Waals surface area contributed by atoms with Crippen LogP contribution in [0.4, 0.5) is 0 Å². The van der Waals surface area contributed by atoms with Crippen LogP contribution in [-0.4, -0.2) is 24.5 Å². The Morgan fingerprint density at radius 3 is 2.54 bits per heavy atom. The lowest BCUT2D eigenvalue weighted by atomic mass is 9.83. The molecule has 0 saturated carbocycles. The van der Waals surface area contributed by atoms with Gasteiger partial charge < -0.3 is 4.90 Å². The zero-order valence-corrected chi connectivity index (χ0v) is 9.77. The molecule has 1 aliphatic rings. The van der Waals surface area contributed by atoms with Crippen molar-refractivity contribution in [3.05, 3.63) is 0 Å². The van der Waals surface area contributed by atoms with Gasteiger partial charge in [0.15, 0.2) is 0 Å². The van der Waals surface area contributed by atoms with Gasteiger partial charge in [0.1, 0.15) is 0 Å². The predicted octanol–water partition coefficient (Wildman–Crippen LogP) is 3.30. The molecule has 0 amide bonds. The third-order valence-corrected chi connectivity index (χ3v) is 3.78. The lowest BCUT2D eigenvalue weighted by Gasteiger charge is -2.26. The molecule has 0 N–H and O–H groups in total. The Hall–Kier alpha value is -0.0400. The Kier molecular flexibility index (Phi) is 3.78. The molecule has 1 saturated heterocycles. The minimum atomic E-state index is 0.559. The summed E-state index contributed by atoms with van der Waals surface area (Å²) in [7, 11) is 2.27. The average molecular weight is 183 g/mol. The maximum absolute atomic E-state index is 2.53. The number of likely N-dealkylation sites (tertiary alicyclic amines) is 1. The van der Waals surface area contributed by atoms with Gasteiger partial charge in [0, 0.05) is 6.04 Å². The summed E-state index contributed by atoms with van der Waals surface area (Å²) in [5, 5.41) is 0. The van der Waals surface area contributed by atoms with Crippen molar-refractivity contribution < 1.29 is 0 Å². The smallest absolute Gasteiger partial charge is 0.00928 e. The molecule has 1 atom stereocenters. The number of rotatable bonds is 4. The molecule has 0 spiro atoms. The molecular weight excluding hydrogens is 158 g/mol. The van der Waals surface area contributed by atoms with E-state index in [1.807, 2.05) is 0 Å². The first-order chi connectivity index (χ1) is 6.05. The van der Waals surface area contributed by atoms with Gasteiger partial charge in [-0.15, -0.1) is 0 Å². The quantitative estimate of drug-likeness (QED) is 0.646. The fourth-order valence-electron chi connectivity index (χ4n) is 2.08. The van der Waals surface area contributed by atoms with E-state index in [1.165, 1.54) is 38.6 Å². The first-order valence-corrected chi connectivity index (χ1v) is 5.75. The van der Waals surface area contributed by atoms with Gasteiger partial charge in [0.25, 0.3) is 0 Å². The second-order valence-electron chi connectivity index (χ2n) is 5.33. The zero-order valence-electron chi connectivity index (χ0n) is 9.77. The van der Waals surface area contributed by atoms with Crippen LogP contribution in [0.1, 0.15) is 52.9 Å². The van der Waals surface area contributed by atoms with Crippen molar-refractivity contribution in [1.29, 1.82) is 0 Å². The second-order valence-corrected chi connectivity index (χ2v) is 5.33. The van der Waals surface area contributed by atoms with Gasteiger partial charge in [0.2, 0.25) is 0 Å². The van der Waals surface area contributed by atoms with Crippen molar-refractivity contribution in [2.45, 2.75) is 58.9 Å². The van der Waals surface area contributed by atoms with E-state index in [2.05, 4.69) is 32.7 Å². The Bertz CT molecular complexity index is 151. The van der Waals surface area contributed by atoms with Crippen molar-refractivity contribution in [2.75, 3.05) is 13.6 Å². The monoisotopic (exact) mass is 183 g/mol. The standard InChI is InChI=1S/C12H25N/c1-5-12(2,3)9-8-11-7-6-10-13(11)4/h11H,5-10H2,1-4H3. The van der Waals surface area contributed by atoms with Gasteiger partial charge in [-0.25, -0.2) is 0 Å². The largest absolute Gasteiger partial charge is 0.303 e. The molecule has 1 fully saturated rings. The Morgan fingerprint density at radius 1 is 1.38 bits per heavy atom. The van der Waals surface area contributed by atoms with Crippen LogP contribution < -0.4 is 0 Å². The van der Waals surface area contributed by atoms with Crippen LogP contribution in [0.3, 0.4) is 0 Å². The maximum atomic E-state index is 2.53. The maximum Gasteiger partial charge on any atom is 0.00928 e. The Labute approximate surface area is 83.5 Å². The molecule has 1 nitrogen and oxygen atoms in total. The van der Waals surface area contributed by atoms with E-state index < -0.39 is 0 Å². The summed E-state index contributed by atoms with van der Waals surface area (Å²) >= 11 is 0. The Morgan fingerprint density at radius 2 is 2.08 bits per heavy atom. The zero-order chi connectivity index (χ0) is 9.90. The molecule has 1 heterocycles. The van der Waals surface area contributed by atoms with E-state index in [0.717, 1.165) is 6.04 Å². The minimum absolute atomic E-state index is 0.559. The van der Waals surface area contributed by atoms with Gasteiger partial charge in [-0.05, 0) is 44.7 Å². The van der Waals surface area contributed by atoms with Crippen molar-refractivity contribution in [1.82, 2.24) is 4.90 Å². The molecule has 0 aliphatic carbocycles. The van der Waals surface area contributed by atoms with E-state index >= 15 is 0 Å². The molecule has 0 aromatic heterocycles. The molecule has 0 aromatic rings. The van der Waals surface area contributed by atoms with Gasteiger partial charge in [0.05, 0.1) is 0 Å². The van der Waals surface area contributed by atoms with E-state index in [0.29, 0.717) is 5.41 Å². The van der Waals surface area contributed by atoms with E-state index in [9.17, 15) is 0 Å². The van der Waals surface area contributed by atoms with Gasteiger partial charge in [-0.3, -0.25) is 0 Å². The predicted molar refractivity (Wildman–Crippen MR) is 59.0 cm³/mol. The molecule has 0 aromatic carbocycles. The summed E-state index contributed by atoms with van der Waals surface area (Å²) in [5.41, 5.74) is 0.559. The van der Waals surface area contributed by atoms with Gasteiger partial charge in [-0.1, -0.05) is 27.2 Å². The summed E-state index contributed by atoms with van der Waals surface area (Å²) in [5.74, 6) is 0. The average Bonchev–Trinajstić information content (AvgIpc) is 2.48. The highest BCUT2D eigenvalue weighted by Gasteiger charge is 2.23. The minimum Gasteiger partial charge on any atom is -0.303 e. The lowest BCUT2D eigenvalue weighted by Crippen LogP contribution is -2.26. The summed E-state index contributed by atoms with van der Waals surface area (Å²) in [4.78, 5) is 2.53. The first-order valence-electron chi connectivity index (χ1n) is 5.75. The van der Waals surface area contributed by atoms with Crippen LogP contribution in [-0.2, 0) is 0 Å². The van der Waals surface area contributed by atoms with Crippen molar-refractivity contribution in [3.63, 3.8) is 0 Å². The lowest BCUT2D eigenvalue weighted by molar-refractivity contribution is 0.237. The number of hydrogen-bond acceptors (Lipinski definition) is 1. The SMILES string of the molecule is CCC(C)(C)CCC1CCCN1C. The molecule has 1 unspecified atom stereocenters. The highest BCUT2D eigenvalue weighted by atomic mass is 15.1. The van der Waals surface area contributed by atoms with E-state index in [4.69, 9.17) is 0 Å². The van der Waals surface area contributed by atoms with Crippen LogP contribution >= 0.6 is 0 Å². The van der Waals surface area contributed by atoms with Crippen LogP contribution in [0.25, 0.3) is 0 Å². The molecule has 0 bridgehead atoms. The fraction of sp³-hybridized carbons (Fsp3) is 1.00. The topological polar surface area (TPSA) is 3.24 Å². The summed E-state index contributed by atoms with van der Waals surface area (Å²) in [6.07, 6.45) is 6.93.